The maximum atomic E-state index is 6.54. The van der Waals surface area contributed by atoms with E-state index in [0.717, 1.165) is 25.1 Å². The molecule has 0 amide bonds. The number of rotatable bonds is 6. The lowest BCUT2D eigenvalue weighted by atomic mass is 9.67. The number of nitrogens with zero attached hydrogens (tertiary/aromatic N) is 1. The fourth-order valence-electron chi connectivity index (χ4n) is 4.83. The molecule has 1 fully saturated rings. The van der Waals surface area contributed by atoms with E-state index in [2.05, 4.69) is 66.3 Å². The molecular formula is C24H30N2O2. The quantitative estimate of drug-likeness (QED) is 0.646. The summed E-state index contributed by atoms with van der Waals surface area (Å²) in [7, 11) is 1.83. The highest BCUT2D eigenvalue weighted by atomic mass is 16.5. The average Bonchev–Trinajstić information content (AvgIpc) is 3.20. The second kappa shape index (κ2) is 8.06. The molecule has 1 aliphatic rings. The van der Waals surface area contributed by atoms with E-state index >= 15 is 0 Å². The highest BCUT2D eigenvalue weighted by Crippen LogP contribution is 2.43. The van der Waals surface area contributed by atoms with Gasteiger partial charge < -0.3 is 14.5 Å². The fraction of sp³-hybridized carbons (Fsp3) is 0.458. The van der Waals surface area contributed by atoms with E-state index in [9.17, 15) is 0 Å². The summed E-state index contributed by atoms with van der Waals surface area (Å²) >= 11 is 0. The van der Waals surface area contributed by atoms with Gasteiger partial charge in [-0.15, -0.1) is 0 Å². The molecule has 0 radical (unpaired) electrons. The summed E-state index contributed by atoms with van der Waals surface area (Å²) < 4.78 is 12.5. The molecule has 0 spiro atoms. The van der Waals surface area contributed by atoms with Gasteiger partial charge in [0, 0.05) is 31.8 Å². The normalized spacial score (nSPS) is 24.5. The Morgan fingerprint density at radius 2 is 1.96 bits per heavy atom. The van der Waals surface area contributed by atoms with Crippen molar-refractivity contribution in [3.05, 3.63) is 66.2 Å². The Hall–Kier alpha value is -2.17. The molecular weight excluding hydrogens is 348 g/mol. The Bertz CT molecular complexity index is 899. The number of hydrogen-bond acceptors (Lipinski definition) is 3. The Balaban J connectivity index is 1.55. The molecule has 4 heteroatoms. The minimum absolute atomic E-state index is 0.130. The average molecular weight is 379 g/mol. The van der Waals surface area contributed by atoms with Crippen LogP contribution in [-0.4, -0.2) is 29.3 Å². The van der Waals surface area contributed by atoms with Crippen LogP contribution < -0.4 is 0 Å². The van der Waals surface area contributed by atoms with Crippen molar-refractivity contribution in [1.82, 2.24) is 9.97 Å². The van der Waals surface area contributed by atoms with E-state index in [1.165, 1.54) is 16.3 Å². The van der Waals surface area contributed by atoms with Gasteiger partial charge in [0.25, 0.3) is 0 Å². The number of fused-ring (bicyclic) bond motifs is 1. The van der Waals surface area contributed by atoms with E-state index in [4.69, 9.17) is 9.47 Å². The van der Waals surface area contributed by atoms with Gasteiger partial charge in [0.2, 0.25) is 0 Å². The van der Waals surface area contributed by atoms with Crippen LogP contribution in [0.2, 0.25) is 0 Å². The minimum atomic E-state index is 0.130. The van der Waals surface area contributed by atoms with Crippen molar-refractivity contribution in [2.75, 3.05) is 7.11 Å². The van der Waals surface area contributed by atoms with E-state index < -0.39 is 0 Å². The van der Waals surface area contributed by atoms with Crippen LogP contribution in [0.5, 0.6) is 0 Å². The van der Waals surface area contributed by atoms with Crippen LogP contribution >= 0.6 is 0 Å². The molecule has 1 N–H and O–H groups in total. The number of benzene rings is 2. The van der Waals surface area contributed by atoms with Gasteiger partial charge in [0.15, 0.2) is 0 Å². The zero-order valence-electron chi connectivity index (χ0n) is 17.0. The molecule has 0 aliphatic heterocycles. The van der Waals surface area contributed by atoms with Crippen LogP contribution in [0.1, 0.15) is 38.1 Å². The summed E-state index contributed by atoms with van der Waals surface area (Å²) in [4.78, 5) is 7.71. The van der Waals surface area contributed by atoms with Gasteiger partial charge in [-0.25, -0.2) is 4.98 Å². The molecule has 4 nitrogen and oxygen atoms in total. The fourth-order valence-corrected chi connectivity index (χ4v) is 4.83. The topological polar surface area (TPSA) is 47.1 Å². The Morgan fingerprint density at radius 3 is 2.75 bits per heavy atom. The highest BCUT2D eigenvalue weighted by molar-refractivity contribution is 5.85. The molecule has 4 rings (SSSR count). The molecule has 1 saturated carbocycles. The number of nitrogens with one attached hydrogen (secondary N) is 1. The highest BCUT2D eigenvalue weighted by Gasteiger charge is 2.45. The van der Waals surface area contributed by atoms with Gasteiger partial charge in [-0.2, -0.15) is 0 Å². The van der Waals surface area contributed by atoms with E-state index in [1.807, 2.05) is 19.5 Å². The van der Waals surface area contributed by atoms with Crippen LogP contribution in [0, 0.1) is 11.3 Å². The Morgan fingerprint density at radius 1 is 1.14 bits per heavy atom. The third-order valence-electron chi connectivity index (χ3n) is 6.28. The second-order valence-corrected chi connectivity index (χ2v) is 8.58. The van der Waals surface area contributed by atoms with Crippen molar-refractivity contribution in [2.24, 2.45) is 11.3 Å². The predicted molar refractivity (Wildman–Crippen MR) is 112 cm³/mol. The number of H-pyrrole nitrogens is 1. The monoisotopic (exact) mass is 378 g/mol. The molecule has 0 bridgehead atoms. The molecule has 1 aliphatic carbocycles. The molecule has 3 aromatic rings. The Labute approximate surface area is 167 Å². The SMILES string of the molecule is COC1C(Cc2ncc[nH]2)C(OCc2cccc3ccccc23)CCC1(C)C. The number of aromatic amines is 1. The van der Waals surface area contributed by atoms with Crippen molar-refractivity contribution in [1.29, 1.82) is 0 Å². The van der Waals surface area contributed by atoms with Crippen molar-refractivity contribution in [3.63, 3.8) is 0 Å². The van der Waals surface area contributed by atoms with Gasteiger partial charge in [-0.05, 0) is 34.6 Å². The molecule has 0 saturated heterocycles. The standard InChI is InChI=1S/C24H30N2O2/c1-24(2)12-11-21(20(23(24)27-3)15-22-25-13-14-26-22)28-16-18-9-6-8-17-7-4-5-10-19(17)18/h4-10,13-14,20-21,23H,11-12,15-16H2,1-3H3,(H,25,26). The Kier molecular flexibility index (Phi) is 5.51. The van der Waals surface area contributed by atoms with Crippen LogP contribution in [0.3, 0.4) is 0 Å². The largest absolute Gasteiger partial charge is 0.380 e. The summed E-state index contributed by atoms with van der Waals surface area (Å²) in [5.41, 5.74) is 1.37. The lowest BCUT2D eigenvalue weighted by Gasteiger charge is -2.46. The third kappa shape index (κ3) is 3.85. The van der Waals surface area contributed by atoms with Gasteiger partial charge in [0.05, 0.1) is 18.8 Å². The van der Waals surface area contributed by atoms with E-state index in [-0.39, 0.29) is 23.5 Å². The summed E-state index contributed by atoms with van der Waals surface area (Å²) in [5, 5.41) is 2.53. The van der Waals surface area contributed by atoms with Gasteiger partial charge in [-0.1, -0.05) is 56.3 Å². The maximum Gasteiger partial charge on any atom is 0.106 e. The molecule has 3 unspecified atom stereocenters. The van der Waals surface area contributed by atoms with Crippen LogP contribution in [0.15, 0.2) is 54.9 Å². The smallest absolute Gasteiger partial charge is 0.106 e. The number of ether oxygens (including phenoxy) is 2. The lowest BCUT2D eigenvalue weighted by Crippen LogP contribution is -2.49. The first kappa shape index (κ1) is 19.2. The van der Waals surface area contributed by atoms with Gasteiger partial charge in [-0.3, -0.25) is 0 Å². The second-order valence-electron chi connectivity index (χ2n) is 8.58. The van der Waals surface area contributed by atoms with Crippen LogP contribution in [0.4, 0.5) is 0 Å². The van der Waals surface area contributed by atoms with Crippen LogP contribution in [-0.2, 0) is 22.5 Å². The van der Waals surface area contributed by atoms with E-state index in [0.29, 0.717) is 6.61 Å². The molecule has 3 atom stereocenters. The molecule has 1 heterocycles. The van der Waals surface area contributed by atoms with Crippen molar-refractivity contribution in [2.45, 2.75) is 51.9 Å². The van der Waals surface area contributed by atoms with Crippen LogP contribution in [0.25, 0.3) is 10.8 Å². The first-order valence-electron chi connectivity index (χ1n) is 10.2. The maximum absolute atomic E-state index is 6.54. The zero-order chi connectivity index (χ0) is 19.6. The molecule has 28 heavy (non-hydrogen) atoms. The lowest BCUT2D eigenvalue weighted by molar-refractivity contribution is -0.135. The summed E-state index contributed by atoms with van der Waals surface area (Å²) in [6, 6.07) is 14.9. The third-order valence-corrected chi connectivity index (χ3v) is 6.28. The first-order chi connectivity index (χ1) is 13.6. The summed E-state index contributed by atoms with van der Waals surface area (Å²) in [6.07, 6.45) is 6.98. The number of methoxy groups -OCH3 is 1. The van der Waals surface area contributed by atoms with Gasteiger partial charge in [0.1, 0.15) is 5.82 Å². The molecule has 148 valence electrons. The number of hydrogen-bond donors (Lipinski definition) is 1. The van der Waals surface area contributed by atoms with Crippen molar-refractivity contribution >= 4 is 10.8 Å². The molecule has 1 aromatic heterocycles. The number of aromatic nitrogens is 2. The number of imidazole rings is 1. The van der Waals surface area contributed by atoms with Gasteiger partial charge >= 0.3 is 0 Å². The van der Waals surface area contributed by atoms with Crippen molar-refractivity contribution in [3.8, 4) is 0 Å². The summed E-state index contributed by atoms with van der Waals surface area (Å²) in [6.45, 7) is 5.23. The molecule has 2 aromatic carbocycles. The minimum Gasteiger partial charge on any atom is -0.380 e. The van der Waals surface area contributed by atoms with E-state index in [1.54, 1.807) is 0 Å². The predicted octanol–water partition coefficient (Wildman–Crippen LogP) is 5.14. The first-order valence-corrected chi connectivity index (χ1v) is 10.2. The summed E-state index contributed by atoms with van der Waals surface area (Å²) in [5.74, 6) is 1.28. The van der Waals surface area contributed by atoms with Crippen molar-refractivity contribution < 1.29 is 9.47 Å². The zero-order valence-corrected chi connectivity index (χ0v) is 17.0.